The number of benzene rings is 4. The monoisotopic (exact) mass is 657 g/mol. The Bertz CT molecular complexity index is 2840. The smallest absolute Gasteiger partial charge is 0.198 e. The van der Waals surface area contributed by atoms with Gasteiger partial charge in [0.1, 0.15) is 11.3 Å². The van der Waals surface area contributed by atoms with Crippen LogP contribution in [-0.4, -0.2) is 39.6 Å². The maximum atomic E-state index is 15.7. The molecule has 3 aromatic heterocycles. The third-order valence-corrected chi connectivity index (χ3v) is 9.67. The molecule has 49 heavy (non-hydrogen) atoms. The highest BCUT2D eigenvalue weighted by Gasteiger charge is 2.34. The van der Waals surface area contributed by atoms with Crippen LogP contribution in [0.1, 0.15) is 22.3 Å². The van der Waals surface area contributed by atoms with Gasteiger partial charge in [-0.05, 0) is 49.9 Å². The van der Waals surface area contributed by atoms with Crippen molar-refractivity contribution in [2.45, 2.75) is 27.7 Å². The van der Waals surface area contributed by atoms with Gasteiger partial charge in [-0.2, -0.15) is 0 Å². The molecule has 2 aliphatic heterocycles. The van der Waals surface area contributed by atoms with E-state index in [0.29, 0.717) is 33.5 Å². The van der Waals surface area contributed by atoms with E-state index in [1.54, 1.807) is 24.3 Å². The third-order valence-electron chi connectivity index (χ3n) is 9.67. The number of halogens is 4. The molecule has 0 radical (unpaired) electrons. The Morgan fingerprint density at radius 1 is 0.510 bits per heavy atom. The lowest BCUT2D eigenvalue weighted by molar-refractivity contribution is 0.412. The number of fused-ring (bicyclic) bond motifs is 20. The molecule has 7 aromatic rings. The minimum Gasteiger partial charge on any atom is -0.336 e. The van der Waals surface area contributed by atoms with Crippen molar-refractivity contribution < 1.29 is 17.6 Å². The number of nitrogens with two attached hydrogens (primary N) is 1. The molecule has 5 heterocycles. The van der Waals surface area contributed by atoms with Crippen LogP contribution in [0.2, 0.25) is 0 Å². The molecule has 0 fully saturated rings. The largest absolute Gasteiger partial charge is 0.336 e. The Labute approximate surface area is 274 Å². The summed E-state index contributed by atoms with van der Waals surface area (Å²) in [7, 11) is 0. The normalized spacial score (nSPS) is 12.2. The molecule has 0 unspecified atom stereocenters. The predicted octanol–water partition coefficient (Wildman–Crippen LogP) is 7.85. The summed E-state index contributed by atoms with van der Waals surface area (Å²) in [6.45, 7) is 7.85. The van der Waals surface area contributed by atoms with Crippen LogP contribution in [0.5, 0.6) is 0 Å². The lowest BCUT2D eigenvalue weighted by Crippen LogP contribution is -2.09. The molecular weight excluding hydrogens is 634 g/mol. The van der Waals surface area contributed by atoms with Crippen molar-refractivity contribution in [3.05, 3.63) is 94.1 Å². The number of hydrogen-bond donors (Lipinski definition) is 2. The maximum absolute atomic E-state index is 15.7. The van der Waals surface area contributed by atoms with E-state index in [1.165, 1.54) is 4.68 Å². The van der Waals surface area contributed by atoms with Crippen molar-refractivity contribution in [1.82, 2.24) is 39.6 Å². The summed E-state index contributed by atoms with van der Waals surface area (Å²) in [5.74, 6) is -0.820. The number of aromatic nitrogens is 8. The van der Waals surface area contributed by atoms with E-state index in [1.807, 2.05) is 52.0 Å². The fourth-order valence-electron chi connectivity index (χ4n) is 6.87. The van der Waals surface area contributed by atoms with Crippen LogP contribution in [0.4, 0.5) is 17.6 Å². The first-order chi connectivity index (χ1) is 23.5. The molecule has 9 rings (SSSR count). The van der Waals surface area contributed by atoms with Crippen LogP contribution in [0.15, 0.2) is 48.5 Å². The van der Waals surface area contributed by atoms with Gasteiger partial charge in [-0.1, -0.05) is 48.5 Å². The maximum Gasteiger partial charge on any atom is 0.198 e. The van der Waals surface area contributed by atoms with Gasteiger partial charge in [-0.3, -0.25) is 0 Å². The average Bonchev–Trinajstić information content (AvgIpc) is 3.82. The summed E-state index contributed by atoms with van der Waals surface area (Å²) in [4.78, 5) is 31.6. The molecule has 9 nitrogen and oxygen atoms in total. The minimum absolute atomic E-state index is 0.0582. The Kier molecular flexibility index (Phi) is 5.84. The molecule has 4 aromatic carbocycles. The molecule has 8 bridgehead atoms. The van der Waals surface area contributed by atoms with Crippen LogP contribution in [0, 0.1) is 51.0 Å². The molecule has 0 saturated heterocycles. The number of aryl methyl sites for hydroxylation is 2. The number of H-pyrrole nitrogens is 1. The SMILES string of the molecule is Cc1c(C)c(C)c2c3nc4nc(nc5c6ccccc6c(nc6nc(nc([nH]3)c2c1C)-c1ccccc1-6)n5N)-c1c(F)c(F)c(F)c(F)c1-4. The van der Waals surface area contributed by atoms with Gasteiger partial charge in [0.15, 0.2) is 57.9 Å². The topological polar surface area (TPSA) is 124 Å². The third kappa shape index (κ3) is 3.80. The van der Waals surface area contributed by atoms with Crippen molar-refractivity contribution in [1.29, 1.82) is 0 Å². The zero-order valence-corrected chi connectivity index (χ0v) is 26.3. The molecule has 0 spiro atoms. The Morgan fingerprint density at radius 2 is 0.918 bits per heavy atom. The summed E-state index contributed by atoms with van der Waals surface area (Å²) in [5, 5.41) is 2.43. The van der Waals surface area contributed by atoms with Crippen LogP contribution in [0.25, 0.3) is 89.7 Å². The molecule has 3 N–H and O–H groups in total. The highest BCUT2D eigenvalue weighted by atomic mass is 19.2. The van der Waals surface area contributed by atoms with Crippen molar-refractivity contribution in [2.24, 2.45) is 0 Å². The number of nitrogens with zero attached hydrogens (tertiary/aromatic N) is 7. The van der Waals surface area contributed by atoms with E-state index in [4.69, 9.17) is 20.8 Å². The lowest BCUT2D eigenvalue weighted by Gasteiger charge is -2.11. The molecular formula is C36H23F4N9. The highest BCUT2D eigenvalue weighted by Crippen LogP contribution is 2.42. The zero-order chi connectivity index (χ0) is 34.0. The van der Waals surface area contributed by atoms with Crippen LogP contribution in [0.3, 0.4) is 0 Å². The summed E-state index contributed by atoms with van der Waals surface area (Å²) in [5.41, 5.74) is 4.81. The fraction of sp³-hybridized carbons (Fsp3) is 0.111. The minimum atomic E-state index is -2.00. The molecule has 0 saturated carbocycles. The first-order valence-electron chi connectivity index (χ1n) is 15.3. The van der Waals surface area contributed by atoms with E-state index < -0.39 is 46.0 Å². The highest BCUT2D eigenvalue weighted by molar-refractivity contribution is 6.10. The number of aromatic amines is 1. The first kappa shape index (κ1) is 28.9. The Balaban J connectivity index is 1.58. The molecule has 13 heteroatoms. The molecule has 2 aliphatic rings. The second-order valence-electron chi connectivity index (χ2n) is 12.2. The second kappa shape index (κ2) is 9.89. The van der Waals surface area contributed by atoms with Gasteiger partial charge >= 0.3 is 0 Å². The summed E-state index contributed by atoms with van der Waals surface area (Å²) in [6.07, 6.45) is 0. The van der Waals surface area contributed by atoms with Gasteiger partial charge < -0.3 is 10.8 Å². The Hall–Kier alpha value is -6.24. The van der Waals surface area contributed by atoms with Gasteiger partial charge in [-0.15, -0.1) is 0 Å². The zero-order valence-electron chi connectivity index (χ0n) is 26.3. The van der Waals surface area contributed by atoms with E-state index in [0.717, 1.165) is 38.8 Å². The molecule has 240 valence electrons. The van der Waals surface area contributed by atoms with Gasteiger partial charge in [0.25, 0.3) is 0 Å². The average molecular weight is 658 g/mol. The van der Waals surface area contributed by atoms with E-state index in [2.05, 4.69) is 19.9 Å². The quantitative estimate of drug-likeness (QED) is 0.0737. The van der Waals surface area contributed by atoms with Crippen molar-refractivity contribution in [3.8, 4) is 45.6 Å². The van der Waals surface area contributed by atoms with E-state index in [9.17, 15) is 8.78 Å². The second-order valence-corrected chi connectivity index (χ2v) is 12.2. The summed E-state index contributed by atoms with van der Waals surface area (Å²) < 4.78 is 62.1. The van der Waals surface area contributed by atoms with Crippen molar-refractivity contribution >= 4 is 44.1 Å². The number of nitrogens with one attached hydrogen (secondary N) is 1. The summed E-state index contributed by atoms with van der Waals surface area (Å²) in [6, 6.07) is 14.5. The van der Waals surface area contributed by atoms with Crippen LogP contribution >= 0.6 is 0 Å². The predicted molar refractivity (Wildman–Crippen MR) is 179 cm³/mol. The van der Waals surface area contributed by atoms with Crippen molar-refractivity contribution in [3.63, 3.8) is 0 Å². The van der Waals surface area contributed by atoms with Gasteiger partial charge in [0.2, 0.25) is 0 Å². The number of rotatable bonds is 0. The standard InChI is InChI=1S/C36H23F4N9/c1-13-14(2)16(4)22-21(15(13)3)31-43-29-17-9-5-6-10-18(17)30(42-29)47-35-19-11-7-8-12-20(19)36(49(35)41)48-34-24-23(33(46-34)45-32(22)44-31)25(37)27(39)28(40)26(24)38/h5-12H,41H2,1-4H3,(H,42,43,44,45,46,47,48). The van der Waals surface area contributed by atoms with Crippen LogP contribution < -0.4 is 5.84 Å². The van der Waals surface area contributed by atoms with E-state index in [-0.39, 0.29) is 16.9 Å². The number of hydrogen-bond acceptors (Lipinski definition) is 7. The van der Waals surface area contributed by atoms with Gasteiger partial charge in [0.05, 0.1) is 11.1 Å². The molecule has 0 aliphatic carbocycles. The number of nitrogen functional groups attached to an aromatic ring is 1. The van der Waals surface area contributed by atoms with Crippen molar-refractivity contribution in [2.75, 3.05) is 5.84 Å². The fourth-order valence-corrected chi connectivity index (χ4v) is 6.87. The van der Waals surface area contributed by atoms with Crippen LogP contribution in [-0.2, 0) is 0 Å². The first-order valence-corrected chi connectivity index (χ1v) is 15.3. The summed E-state index contributed by atoms with van der Waals surface area (Å²) >= 11 is 0. The Morgan fingerprint density at radius 3 is 1.45 bits per heavy atom. The molecule has 0 amide bonds. The van der Waals surface area contributed by atoms with E-state index >= 15 is 8.78 Å². The van der Waals surface area contributed by atoms with Gasteiger partial charge in [0, 0.05) is 32.7 Å². The lowest BCUT2D eigenvalue weighted by atomic mass is 9.94. The van der Waals surface area contributed by atoms with Gasteiger partial charge in [-0.25, -0.2) is 52.1 Å². The molecule has 0 atom stereocenters.